The lowest BCUT2D eigenvalue weighted by molar-refractivity contribution is 0.00769. The van der Waals surface area contributed by atoms with Gasteiger partial charge in [0.1, 0.15) is 0 Å². The van der Waals surface area contributed by atoms with Crippen LogP contribution in [0.1, 0.15) is 30.1 Å². The number of likely N-dealkylation sites (N-methyl/N-ethyl adjacent to an activating group) is 1. The predicted molar refractivity (Wildman–Crippen MR) is 84.8 cm³/mol. The molecule has 4 nitrogen and oxygen atoms in total. The fraction of sp³-hybridized carbons (Fsp3) is 0.688. The highest BCUT2D eigenvalue weighted by Crippen LogP contribution is 2.33. The molecule has 2 saturated heterocycles. The first kappa shape index (κ1) is 15.0. The van der Waals surface area contributed by atoms with E-state index in [1.54, 1.807) is 11.3 Å². The van der Waals surface area contributed by atoms with E-state index in [2.05, 4.69) is 11.8 Å². The highest BCUT2D eigenvalue weighted by atomic mass is 32.1. The quantitative estimate of drug-likeness (QED) is 0.840. The molecular formula is C16H24N2O2S. The molecule has 0 aromatic carbocycles. The fourth-order valence-electron chi connectivity index (χ4n) is 3.55. The van der Waals surface area contributed by atoms with E-state index in [4.69, 9.17) is 4.74 Å². The Labute approximate surface area is 130 Å². The topological polar surface area (TPSA) is 32.8 Å². The maximum atomic E-state index is 12.6. The molecule has 116 valence electrons. The summed E-state index contributed by atoms with van der Waals surface area (Å²) in [6, 6.07) is 1.93. The molecule has 3 rings (SSSR count). The van der Waals surface area contributed by atoms with Gasteiger partial charge in [-0.25, -0.2) is 0 Å². The van der Waals surface area contributed by atoms with E-state index >= 15 is 0 Å². The minimum Gasteiger partial charge on any atom is -0.379 e. The number of rotatable bonds is 2. The Morgan fingerprint density at radius 3 is 3.10 bits per heavy atom. The third kappa shape index (κ3) is 3.30. The Balaban J connectivity index is 1.73. The maximum absolute atomic E-state index is 12.6. The zero-order chi connectivity index (χ0) is 14.7. The Kier molecular flexibility index (Phi) is 4.62. The van der Waals surface area contributed by atoms with Crippen LogP contribution in [0.25, 0.3) is 0 Å². The highest BCUT2D eigenvalue weighted by Gasteiger charge is 2.40. The van der Waals surface area contributed by atoms with E-state index in [1.165, 1.54) is 0 Å². The van der Waals surface area contributed by atoms with E-state index in [-0.39, 0.29) is 11.3 Å². The van der Waals surface area contributed by atoms with Gasteiger partial charge in [0.15, 0.2) is 0 Å². The lowest BCUT2D eigenvalue weighted by atomic mass is 9.80. The molecule has 1 atom stereocenters. The molecule has 0 radical (unpaired) electrons. The summed E-state index contributed by atoms with van der Waals surface area (Å²) in [5.74, 6) is 0.183. The minimum atomic E-state index is 0.121. The number of hydrogen-bond acceptors (Lipinski definition) is 4. The molecule has 1 aromatic heterocycles. The normalized spacial score (nSPS) is 27.8. The summed E-state index contributed by atoms with van der Waals surface area (Å²) in [5, 5.41) is 3.92. The largest absolute Gasteiger partial charge is 0.379 e. The van der Waals surface area contributed by atoms with Crippen LogP contribution in [0.3, 0.4) is 0 Å². The minimum absolute atomic E-state index is 0.121. The van der Waals surface area contributed by atoms with Crippen molar-refractivity contribution >= 4 is 17.2 Å². The van der Waals surface area contributed by atoms with Crippen LogP contribution in [0.4, 0.5) is 0 Å². The zero-order valence-electron chi connectivity index (χ0n) is 12.7. The van der Waals surface area contributed by atoms with Crippen LogP contribution in [0, 0.1) is 5.41 Å². The summed E-state index contributed by atoms with van der Waals surface area (Å²) in [5.41, 5.74) is 0.954. The number of likely N-dealkylation sites (tertiary alicyclic amines) is 1. The first-order chi connectivity index (χ1) is 10.2. The third-order valence-corrected chi connectivity index (χ3v) is 5.37. The summed E-state index contributed by atoms with van der Waals surface area (Å²) in [4.78, 5) is 17.1. The van der Waals surface area contributed by atoms with Gasteiger partial charge >= 0.3 is 0 Å². The zero-order valence-corrected chi connectivity index (χ0v) is 13.5. The van der Waals surface area contributed by atoms with Crippen LogP contribution < -0.4 is 0 Å². The van der Waals surface area contributed by atoms with E-state index in [1.807, 2.05) is 21.7 Å². The van der Waals surface area contributed by atoms with Gasteiger partial charge in [-0.3, -0.25) is 4.79 Å². The van der Waals surface area contributed by atoms with Crippen molar-refractivity contribution in [1.82, 2.24) is 9.80 Å². The fourth-order valence-corrected chi connectivity index (χ4v) is 4.18. The highest BCUT2D eigenvalue weighted by molar-refractivity contribution is 7.08. The van der Waals surface area contributed by atoms with Gasteiger partial charge in [-0.05, 0) is 30.8 Å². The average Bonchev–Trinajstić information content (AvgIpc) is 2.97. The van der Waals surface area contributed by atoms with Crippen LogP contribution in [0.5, 0.6) is 0 Å². The lowest BCUT2D eigenvalue weighted by Gasteiger charge is -2.43. The lowest BCUT2D eigenvalue weighted by Crippen LogP contribution is -2.52. The summed E-state index contributed by atoms with van der Waals surface area (Å²) in [6.45, 7) is 8.64. The molecule has 0 saturated carbocycles. The molecule has 3 heterocycles. The van der Waals surface area contributed by atoms with Crippen molar-refractivity contribution in [3.05, 3.63) is 22.4 Å². The van der Waals surface area contributed by atoms with E-state index in [0.29, 0.717) is 0 Å². The van der Waals surface area contributed by atoms with Gasteiger partial charge in [0.25, 0.3) is 5.91 Å². The summed E-state index contributed by atoms with van der Waals surface area (Å²) in [7, 11) is 0. The molecule has 2 aliphatic rings. The predicted octanol–water partition coefficient (Wildman–Crippen LogP) is 2.32. The third-order valence-electron chi connectivity index (χ3n) is 4.68. The van der Waals surface area contributed by atoms with Crippen molar-refractivity contribution < 1.29 is 9.53 Å². The monoisotopic (exact) mass is 308 g/mol. The first-order valence-electron chi connectivity index (χ1n) is 7.84. The second-order valence-corrected chi connectivity index (χ2v) is 7.04. The molecule has 0 N–H and O–H groups in total. The van der Waals surface area contributed by atoms with Gasteiger partial charge in [0.05, 0.1) is 18.8 Å². The molecule has 5 heteroatoms. The van der Waals surface area contributed by atoms with Gasteiger partial charge < -0.3 is 14.5 Å². The van der Waals surface area contributed by atoms with Gasteiger partial charge in [-0.1, -0.05) is 6.92 Å². The molecule has 1 spiro atoms. The smallest absolute Gasteiger partial charge is 0.254 e. The Morgan fingerprint density at radius 2 is 2.33 bits per heavy atom. The molecule has 1 aromatic rings. The number of nitrogens with zero attached hydrogens (tertiary/aromatic N) is 2. The second kappa shape index (κ2) is 6.46. The van der Waals surface area contributed by atoms with E-state index in [9.17, 15) is 4.79 Å². The van der Waals surface area contributed by atoms with Crippen LogP contribution >= 0.6 is 11.3 Å². The van der Waals surface area contributed by atoms with Crippen molar-refractivity contribution in [2.45, 2.75) is 19.8 Å². The first-order valence-corrected chi connectivity index (χ1v) is 8.78. The maximum Gasteiger partial charge on any atom is 0.254 e. The molecule has 0 bridgehead atoms. The number of piperidine rings is 1. The summed E-state index contributed by atoms with van der Waals surface area (Å²) in [6.07, 6.45) is 2.24. The van der Waals surface area contributed by atoms with Gasteiger partial charge in [-0.15, -0.1) is 0 Å². The van der Waals surface area contributed by atoms with Gasteiger partial charge in [-0.2, -0.15) is 11.3 Å². The molecule has 2 aliphatic heterocycles. The van der Waals surface area contributed by atoms with Crippen LogP contribution in [-0.2, 0) is 4.74 Å². The average molecular weight is 308 g/mol. The molecule has 2 fully saturated rings. The van der Waals surface area contributed by atoms with Crippen LogP contribution in [0.15, 0.2) is 16.8 Å². The van der Waals surface area contributed by atoms with E-state index < -0.39 is 0 Å². The summed E-state index contributed by atoms with van der Waals surface area (Å²) < 4.78 is 5.86. The van der Waals surface area contributed by atoms with Crippen molar-refractivity contribution in [3.8, 4) is 0 Å². The van der Waals surface area contributed by atoms with Crippen molar-refractivity contribution in [1.29, 1.82) is 0 Å². The van der Waals surface area contributed by atoms with Crippen LogP contribution in [0.2, 0.25) is 0 Å². The van der Waals surface area contributed by atoms with Gasteiger partial charge in [0, 0.05) is 37.0 Å². The molecular weight excluding hydrogens is 284 g/mol. The van der Waals surface area contributed by atoms with Crippen molar-refractivity contribution in [3.63, 3.8) is 0 Å². The molecule has 0 aliphatic carbocycles. The Morgan fingerprint density at radius 1 is 1.43 bits per heavy atom. The Hall–Kier alpha value is -0.910. The SMILES string of the molecule is CCN1CCOC[C@]2(CCCN(C(=O)c3ccsc3)C2)C1. The number of ether oxygens (including phenoxy) is 1. The van der Waals surface area contributed by atoms with Crippen LogP contribution in [-0.4, -0.2) is 61.6 Å². The Bertz CT molecular complexity index is 477. The second-order valence-electron chi connectivity index (χ2n) is 6.26. The van der Waals surface area contributed by atoms with Crippen molar-refractivity contribution in [2.24, 2.45) is 5.41 Å². The molecule has 1 amide bonds. The standard InChI is InChI=1S/C16H24N2O2S/c1-2-17-7-8-20-13-16(11-17)5-3-6-18(12-16)15(19)14-4-9-21-10-14/h4,9-10H,2-3,5-8,11-13H2,1H3/t16-/m1/s1. The van der Waals surface area contributed by atoms with E-state index in [0.717, 1.165) is 64.3 Å². The number of carbonyl (C=O) groups is 1. The number of thiophene rings is 1. The summed E-state index contributed by atoms with van der Waals surface area (Å²) >= 11 is 1.59. The van der Waals surface area contributed by atoms with Gasteiger partial charge in [0.2, 0.25) is 0 Å². The molecule has 0 unspecified atom stereocenters. The number of amides is 1. The van der Waals surface area contributed by atoms with Crippen molar-refractivity contribution in [2.75, 3.05) is 45.9 Å². The number of carbonyl (C=O) groups excluding carboxylic acids is 1. The molecule has 21 heavy (non-hydrogen) atoms. The number of hydrogen-bond donors (Lipinski definition) is 0.